The van der Waals surface area contributed by atoms with Crippen molar-refractivity contribution in [3.8, 4) is 11.1 Å². The smallest absolute Gasteiger partial charge is 0.150 e. The van der Waals surface area contributed by atoms with Crippen LogP contribution in [0.15, 0.2) is 42.5 Å². The molecule has 0 heterocycles. The molecule has 2 aromatic carbocycles. The molecule has 0 aliphatic rings. The molecule has 0 amide bonds. The van der Waals surface area contributed by atoms with Crippen molar-refractivity contribution in [1.29, 1.82) is 0 Å². The Morgan fingerprint density at radius 3 is 2.31 bits per heavy atom. The zero-order chi connectivity index (χ0) is 11.5. The molecule has 2 aromatic rings. The third kappa shape index (κ3) is 2.12. The van der Waals surface area contributed by atoms with Crippen LogP contribution >= 0.6 is 11.6 Å². The fourth-order valence-electron chi connectivity index (χ4n) is 1.46. The Kier molecular flexibility index (Phi) is 3.02. The first-order chi connectivity index (χ1) is 7.70. The quantitative estimate of drug-likeness (QED) is 0.719. The van der Waals surface area contributed by atoms with Gasteiger partial charge in [-0.3, -0.25) is 4.79 Å². The molecule has 0 spiro atoms. The van der Waals surface area contributed by atoms with E-state index in [2.05, 4.69) is 0 Å². The molecule has 16 heavy (non-hydrogen) atoms. The molecule has 3 heteroatoms. The van der Waals surface area contributed by atoms with E-state index in [1.807, 2.05) is 0 Å². The lowest BCUT2D eigenvalue weighted by molar-refractivity contribution is 0.112. The van der Waals surface area contributed by atoms with Crippen molar-refractivity contribution >= 4 is 17.9 Å². The van der Waals surface area contributed by atoms with Gasteiger partial charge in [0, 0.05) is 11.1 Å². The van der Waals surface area contributed by atoms with Gasteiger partial charge in [0.1, 0.15) is 12.1 Å². The highest BCUT2D eigenvalue weighted by molar-refractivity contribution is 6.33. The van der Waals surface area contributed by atoms with Crippen molar-refractivity contribution in [3.63, 3.8) is 0 Å². The fourth-order valence-corrected chi connectivity index (χ4v) is 1.74. The first-order valence-electron chi connectivity index (χ1n) is 4.71. The van der Waals surface area contributed by atoms with E-state index in [-0.39, 0.29) is 5.82 Å². The topological polar surface area (TPSA) is 17.1 Å². The van der Waals surface area contributed by atoms with Crippen LogP contribution in [-0.2, 0) is 0 Å². The maximum Gasteiger partial charge on any atom is 0.150 e. The van der Waals surface area contributed by atoms with E-state index in [1.165, 1.54) is 12.1 Å². The third-order valence-corrected chi connectivity index (χ3v) is 2.60. The van der Waals surface area contributed by atoms with E-state index < -0.39 is 0 Å². The SMILES string of the molecule is O=Cc1ccc(-c2ccc(F)cc2Cl)cc1. The average Bonchev–Trinajstić information content (AvgIpc) is 2.29. The summed E-state index contributed by atoms with van der Waals surface area (Å²) in [5.41, 5.74) is 2.21. The second-order valence-corrected chi connectivity index (χ2v) is 3.77. The van der Waals surface area contributed by atoms with E-state index in [1.54, 1.807) is 30.3 Å². The zero-order valence-corrected chi connectivity index (χ0v) is 9.04. The van der Waals surface area contributed by atoms with E-state index in [0.717, 1.165) is 17.4 Å². The Bertz CT molecular complexity index is 520. The van der Waals surface area contributed by atoms with Crippen LogP contribution in [0.25, 0.3) is 11.1 Å². The van der Waals surface area contributed by atoms with Gasteiger partial charge >= 0.3 is 0 Å². The Balaban J connectivity index is 2.46. The molecule has 0 radical (unpaired) electrons. The molecule has 0 saturated heterocycles. The first kappa shape index (κ1) is 10.8. The van der Waals surface area contributed by atoms with Gasteiger partial charge in [0.25, 0.3) is 0 Å². The lowest BCUT2D eigenvalue weighted by atomic mass is 10.0. The molecule has 0 saturated carbocycles. The fraction of sp³-hybridized carbons (Fsp3) is 0. The van der Waals surface area contributed by atoms with Crippen molar-refractivity contribution < 1.29 is 9.18 Å². The molecule has 2 rings (SSSR count). The summed E-state index contributed by atoms with van der Waals surface area (Å²) in [4.78, 5) is 10.5. The predicted octanol–water partition coefficient (Wildman–Crippen LogP) is 3.96. The second-order valence-electron chi connectivity index (χ2n) is 3.36. The molecule has 0 aromatic heterocycles. The molecule has 1 nitrogen and oxygen atoms in total. The summed E-state index contributed by atoms with van der Waals surface area (Å²) in [6.45, 7) is 0. The number of aldehydes is 1. The highest BCUT2D eigenvalue weighted by Crippen LogP contribution is 2.28. The van der Waals surface area contributed by atoms with E-state index in [0.29, 0.717) is 10.6 Å². The van der Waals surface area contributed by atoms with Crippen LogP contribution < -0.4 is 0 Å². The van der Waals surface area contributed by atoms with Crippen molar-refractivity contribution in [2.75, 3.05) is 0 Å². The molecule has 0 bridgehead atoms. The van der Waals surface area contributed by atoms with Gasteiger partial charge in [0.15, 0.2) is 0 Å². The summed E-state index contributed by atoms with van der Waals surface area (Å²) in [5, 5.41) is 0.360. The number of hydrogen-bond acceptors (Lipinski definition) is 1. The van der Waals surface area contributed by atoms with Gasteiger partial charge in [-0.25, -0.2) is 4.39 Å². The van der Waals surface area contributed by atoms with Crippen molar-refractivity contribution in [2.45, 2.75) is 0 Å². The standard InChI is InChI=1S/C13H8ClFO/c14-13-7-11(15)5-6-12(13)10-3-1-9(8-16)2-4-10/h1-8H. The van der Waals surface area contributed by atoms with Crippen molar-refractivity contribution in [1.82, 2.24) is 0 Å². The summed E-state index contributed by atoms with van der Waals surface area (Å²) < 4.78 is 12.9. The molecule has 0 aliphatic carbocycles. The highest BCUT2D eigenvalue weighted by Gasteiger charge is 2.04. The molecule has 80 valence electrons. The van der Waals surface area contributed by atoms with Gasteiger partial charge in [0.05, 0.1) is 5.02 Å². The summed E-state index contributed by atoms with van der Waals surface area (Å²) in [7, 11) is 0. The summed E-state index contributed by atoms with van der Waals surface area (Å²) in [6, 6.07) is 11.2. The lowest BCUT2D eigenvalue weighted by Crippen LogP contribution is -1.83. The molecular weight excluding hydrogens is 227 g/mol. The molecule has 0 fully saturated rings. The van der Waals surface area contributed by atoms with Crippen LogP contribution in [0, 0.1) is 5.82 Å². The average molecular weight is 235 g/mol. The maximum absolute atomic E-state index is 12.9. The summed E-state index contributed by atoms with van der Waals surface area (Å²) >= 11 is 5.93. The maximum atomic E-state index is 12.9. The Morgan fingerprint density at radius 1 is 1.06 bits per heavy atom. The van der Waals surface area contributed by atoms with E-state index in [4.69, 9.17) is 11.6 Å². The van der Waals surface area contributed by atoms with Gasteiger partial charge in [-0.1, -0.05) is 35.9 Å². The molecule has 0 unspecified atom stereocenters. The first-order valence-corrected chi connectivity index (χ1v) is 5.09. The monoisotopic (exact) mass is 234 g/mol. The lowest BCUT2D eigenvalue weighted by Gasteiger charge is -2.04. The van der Waals surface area contributed by atoms with Gasteiger partial charge in [-0.15, -0.1) is 0 Å². The second kappa shape index (κ2) is 4.45. The highest BCUT2D eigenvalue weighted by atomic mass is 35.5. The normalized spacial score (nSPS) is 10.1. The molecule has 0 aliphatic heterocycles. The van der Waals surface area contributed by atoms with Crippen LogP contribution in [-0.4, -0.2) is 6.29 Å². The van der Waals surface area contributed by atoms with Crippen molar-refractivity contribution in [3.05, 3.63) is 58.9 Å². The predicted molar refractivity (Wildman–Crippen MR) is 62.2 cm³/mol. The largest absolute Gasteiger partial charge is 0.298 e. The van der Waals surface area contributed by atoms with Crippen LogP contribution in [0.2, 0.25) is 5.02 Å². The van der Waals surface area contributed by atoms with Crippen LogP contribution in [0.1, 0.15) is 10.4 Å². The minimum absolute atomic E-state index is 0.360. The van der Waals surface area contributed by atoms with Gasteiger partial charge in [-0.05, 0) is 23.8 Å². The van der Waals surface area contributed by atoms with Gasteiger partial charge in [0.2, 0.25) is 0 Å². The van der Waals surface area contributed by atoms with Crippen LogP contribution in [0.4, 0.5) is 4.39 Å². The van der Waals surface area contributed by atoms with Crippen LogP contribution in [0.5, 0.6) is 0 Å². The number of benzene rings is 2. The van der Waals surface area contributed by atoms with Crippen LogP contribution in [0.3, 0.4) is 0 Å². The molecular formula is C13H8ClFO. The molecule has 0 atom stereocenters. The Morgan fingerprint density at radius 2 is 1.75 bits per heavy atom. The van der Waals surface area contributed by atoms with E-state index >= 15 is 0 Å². The Hall–Kier alpha value is -1.67. The summed E-state index contributed by atoms with van der Waals surface area (Å²) in [6.07, 6.45) is 0.774. The Labute approximate surface area is 97.5 Å². The van der Waals surface area contributed by atoms with E-state index in [9.17, 15) is 9.18 Å². The minimum atomic E-state index is -0.363. The number of carbonyl (C=O) groups excluding carboxylic acids is 1. The van der Waals surface area contributed by atoms with Gasteiger partial charge in [-0.2, -0.15) is 0 Å². The number of rotatable bonds is 2. The van der Waals surface area contributed by atoms with Gasteiger partial charge < -0.3 is 0 Å². The number of hydrogen-bond donors (Lipinski definition) is 0. The zero-order valence-electron chi connectivity index (χ0n) is 8.28. The number of carbonyl (C=O) groups is 1. The molecule has 0 N–H and O–H groups in total. The summed E-state index contributed by atoms with van der Waals surface area (Å²) in [5.74, 6) is -0.363. The van der Waals surface area contributed by atoms with Crippen molar-refractivity contribution in [2.24, 2.45) is 0 Å². The number of halogens is 2. The minimum Gasteiger partial charge on any atom is -0.298 e. The third-order valence-electron chi connectivity index (χ3n) is 2.29.